The summed E-state index contributed by atoms with van der Waals surface area (Å²) in [6.07, 6.45) is -11.0. The predicted octanol–water partition coefficient (Wildman–Crippen LogP) is -2.98. The van der Waals surface area contributed by atoms with E-state index in [0.29, 0.717) is 6.42 Å². The van der Waals surface area contributed by atoms with Gasteiger partial charge in [0.05, 0.1) is 13.2 Å². The van der Waals surface area contributed by atoms with Gasteiger partial charge in [-0.25, -0.2) is 0 Å². The van der Waals surface area contributed by atoms with Crippen molar-refractivity contribution in [3.05, 3.63) is 6.92 Å². The monoisotopic (exact) mass is 425 g/mol. The second kappa shape index (κ2) is 11.8. The molecule has 29 heavy (non-hydrogen) atoms. The SMILES string of the molecule is [CH2-]CCCCCO[C@@H]1O[C@H](CO)[C@@H](O[C@H]2O[C@H](CO)[C@@H](O)[C@H](O)[C@H]2O)[C@H](O)[C@H]1O. The van der Waals surface area contributed by atoms with Crippen LogP contribution in [0.3, 0.4) is 0 Å². The molecule has 0 amide bonds. The fourth-order valence-corrected chi connectivity index (χ4v) is 3.35. The van der Waals surface area contributed by atoms with Crippen LogP contribution in [0.5, 0.6) is 0 Å². The predicted molar refractivity (Wildman–Crippen MR) is 96.2 cm³/mol. The molecule has 0 aromatic rings. The standard InChI is InChI=1S/C18H33O11/c1-2-3-4-5-6-26-17-15(25)13(23)16(10(8-20)28-17)29-18-14(24)12(22)11(21)9(7-19)27-18/h9-25H,1-8H2/q-1/t9-,10-,11-,12+,13-,14-,15-,16-,17-,18-/m1/s1. The fraction of sp³-hybridized carbons (Fsp3) is 0.944. The van der Waals surface area contributed by atoms with Crippen molar-refractivity contribution in [2.45, 2.75) is 87.1 Å². The molecule has 11 nitrogen and oxygen atoms in total. The largest absolute Gasteiger partial charge is 0.394 e. The van der Waals surface area contributed by atoms with E-state index < -0.39 is 74.6 Å². The molecule has 2 heterocycles. The van der Waals surface area contributed by atoms with Crippen molar-refractivity contribution in [2.24, 2.45) is 0 Å². The Labute approximate surface area is 169 Å². The Bertz CT molecular complexity index is 463. The molecule has 11 heteroatoms. The molecule has 2 aliphatic heterocycles. The van der Waals surface area contributed by atoms with Gasteiger partial charge in [0.15, 0.2) is 12.6 Å². The van der Waals surface area contributed by atoms with Crippen molar-refractivity contribution in [1.29, 1.82) is 0 Å². The molecule has 2 fully saturated rings. The first-order valence-corrected chi connectivity index (χ1v) is 9.85. The highest BCUT2D eigenvalue weighted by Crippen LogP contribution is 2.29. The molecule has 10 atom stereocenters. The Morgan fingerprint density at radius 2 is 1.31 bits per heavy atom. The van der Waals surface area contributed by atoms with Crippen LogP contribution >= 0.6 is 0 Å². The van der Waals surface area contributed by atoms with Gasteiger partial charge in [0.2, 0.25) is 0 Å². The Morgan fingerprint density at radius 1 is 0.690 bits per heavy atom. The van der Waals surface area contributed by atoms with E-state index in [-0.39, 0.29) is 6.61 Å². The fourth-order valence-electron chi connectivity index (χ4n) is 3.35. The minimum Gasteiger partial charge on any atom is -0.394 e. The molecule has 0 spiro atoms. The van der Waals surface area contributed by atoms with Crippen LogP contribution in [0.25, 0.3) is 0 Å². The van der Waals surface area contributed by atoms with Gasteiger partial charge in [-0.15, -0.1) is 0 Å². The Morgan fingerprint density at radius 3 is 1.93 bits per heavy atom. The lowest BCUT2D eigenvalue weighted by molar-refractivity contribution is -0.359. The quantitative estimate of drug-likeness (QED) is 0.140. The molecule has 2 saturated heterocycles. The Hall–Kier alpha value is -0.440. The number of rotatable bonds is 10. The highest BCUT2D eigenvalue weighted by molar-refractivity contribution is 4.94. The molecular weight excluding hydrogens is 392 g/mol. The summed E-state index contributed by atoms with van der Waals surface area (Å²) in [6, 6.07) is 0. The molecule has 2 aliphatic rings. The third-order valence-corrected chi connectivity index (χ3v) is 5.14. The minimum atomic E-state index is -1.70. The van der Waals surface area contributed by atoms with Gasteiger partial charge in [-0.2, -0.15) is 6.42 Å². The smallest absolute Gasteiger partial charge is 0.187 e. The van der Waals surface area contributed by atoms with Gasteiger partial charge in [0, 0.05) is 6.61 Å². The zero-order valence-corrected chi connectivity index (χ0v) is 16.2. The lowest BCUT2D eigenvalue weighted by Crippen LogP contribution is -2.64. The van der Waals surface area contributed by atoms with E-state index in [1.807, 2.05) is 0 Å². The average molecular weight is 425 g/mol. The van der Waals surface area contributed by atoms with E-state index in [0.717, 1.165) is 19.3 Å². The number of ether oxygens (including phenoxy) is 4. The normalized spacial score (nSPS) is 43.4. The molecule has 0 aliphatic carbocycles. The maximum Gasteiger partial charge on any atom is 0.187 e. The van der Waals surface area contributed by atoms with Crippen molar-refractivity contribution in [2.75, 3.05) is 19.8 Å². The first kappa shape index (κ1) is 24.8. The van der Waals surface area contributed by atoms with E-state index >= 15 is 0 Å². The zero-order valence-electron chi connectivity index (χ0n) is 16.2. The molecule has 0 radical (unpaired) electrons. The van der Waals surface area contributed by atoms with Crippen molar-refractivity contribution in [3.8, 4) is 0 Å². The third kappa shape index (κ3) is 6.05. The summed E-state index contributed by atoms with van der Waals surface area (Å²) in [5.41, 5.74) is 0. The van der Waals surface area contributed by atoms with Gasteiger partial charge in [-0.05, 0) is 6.42 Å². The van der Waals surface area contributed by atoms with Crippen LogP contribution in [0.2, 0.25) is 0 Å². The van der Waals surface area contributed by atoms with Crippen LogP contribution in [0.15, 0.2) is 0 Å². The van der Waals surface area contributed by atoms with Crippen molar-refractivity contribution < 1.29 is 54.7 Å². The number of hydrogen-bond donors (Lipinski definition) is 7. The van der Waals surface area contributed by atoms with Crippen molar-refractivity contribution in [1.82, 2.24) is 0 Å². The zero-order chi connectivity index (χ0) is 21.6. The van der Waals surface area contributed by atoms with E-state index in [1.165, 1.54) is 0 Å². The molecule has 0 saturated carbocycles. The maximum atomic E-state index is 10.5. The summed E-state index contributed by atoms with van der Waals surface area (Å²) in [7, 11) is 0. The molecule has 7 N–H and O–H groups in total. The molecular formula is C18H33O11-. The average Bonchev–Trinajstić information content (AvgIpc) is 2.72. The van der Waals surface area contributed by atoms with Gasteiger partial charge in [-0.1, -0.05) is 12.8 Å². The Balaban J connectivity index is 1.98. The highest BCUT2D eigenvalue weighted by atomic mass is 16.7. The first-order valence-electron chi connectivity index (χ1n) is 9.85. The number of aliphatic hydroxyl groups is 7. The second-order valence-electron chi connectivity index (χ2n) is 7.29. The number of unbranched alkanes of at least 4 members (excludes halogenated alkanes) is 3. The molecule has 0 aromatic carbocycles. The summed E-state index contributed by atoms with van der Waals surface area (Å²) in [5, 5.41) is 69.4. The molecule has 0 aromatic heterocycles. The van der Waals surface area contributed by atoms with Crippen LogP contribution in [0, 0.1) is 6.92 Å². The topological polar surface area (TPSA) is 179 Å². The summed E-state index contributed by atoms with van der Waals surface area (Å²) >= 11 is 0. The summed E-state index contributed by atoms with van der Waals surface area (Å²) < 4.78 is 21.7. The van der Waals surface area contributed by atoms with E-state index in [1.54, 1.807) is 0 Å². The Kier molecular flexibility index (Phi) is 10.1. The third-order valence-electron chi connectivity index (χ3n) is 5.14. The van der Waals surface area contributed by atoms with Crippen molar-refractivity contribution in [3.63, 3.8) is 0 Å². The first-order chi connectivity index (χ1) is 13.8. The van der Waals surface area contributed by atoms with Gasteiger partial charge in [0.25, 0.3) is 0 Å². The van der Waals surface area contributed by atoms with Crippen LogP contribution in [-0.2, 0) is 18.9 Å². The van der Waals surface area contributed by atoms with Crippen LogP contribution in [-0.4, -0.2) is 117 Å². The van der Waals surface area contributed by atoms with E-state index in [9.17, 15) is 35.7 Å². The lowest BCUT2D eigenvalue weighted by atomic mass is 9.97. The van der Waals surface area contributed by atoms with Crippen LogP contribution in [0.1, 0.15) is 25.7 Å². The highest BCUT2D eigenvalue weighted by Gasteiger charge is 2.50. The van der Waals surface area contributed by atoms with Crippen LogP contribution in [0.4, 0.5) is 0 Å². The second-order valence-corrected chi connectivity index (χ2v) is 7.29. The van der Waals surface area contributed by atoms with Gasteiger partial charge < -0.3 is 61.6 Å². The summed E-state index contributed by atoms with van der Waals surface area (Å²) in [4.78, 5) is 0. The number of aliphatic hydroxyl groups excluding tert-OH is 7. The molecule has 0 unspecified atom stereocenters. The van der Waals surface area contributed by atoms with Gasteiger partial charge in [0.1, 0.15) is 48.8 Å². The minimum absolute atomic E-state index is 0.283. The summed E-state index contributed by atoms with van der Waals surface area (Å²) in [5.74, 6) is 0. The van der Waals surface area contributed by atoms with Gasteiger partial charge in [-0.3, -0.25) is 0 Å². The van der Waals surface area contributed by atoms with E-state index in [2.05, 4.69) is 6.92 Å². The summed E-state index contributed by atoms with van der Waals surface area (Å²) in [6.45, 7) is 2.79. The molecule has 2 rings (SSSR count). The van der Waals surface area contributed by atoms with Crippen LogP contribution < -0.4 is 0 Å². The van der Waals surface area contributed by atoms with Gasteiger partial charge >= 0.3 is 0 Å². The van der Waals surface area contributed by atoms with E-state index in [4.69, 9.17) is 18.9 Å². The maximum absolute atomic E-state index is 10.5. The van der Waals surface area contributed by atoms with Crippen molar-refractivity contribution >= 4 is 0 Å². The molecule has 172 valence electrons. The lowest BCUT2D eigenvalue weighted by Gasteiger charge is -2.45. The molecule has 0 bridgehead atoms. The number of hydrogen-bond acceptors (Lipinski definition) is 11.